The van der Waals surface area contributed by atoms with Crippen molar-refractivity contribution in [1.82, 2.24) is 0 Å². The molecule has 106 valence electrons. The maximum absolute atomic E-state index is 9.44. The van der Waals surface area contributed by atoms with Gasteiger partial charge in [0.15, 0.2) is 0 Å². The zero-order valence-corrected chi connectivity index (χ0v) is 12.7. The van der Waals surface area contributed by atoms with Gasteiger partial charge in [0.2, 0.25) is 0 Å². The third-order valence-corrected chi connectivity index (χ3v) is 5.00. The Bertz CT molecular complexity index is 735. The fourth-order valence-electron chi connectivity index (χ4n) is 2.67. The first-order chi connectivity index (χ1) is 10.2. The number of hydrogen-bond acceptors (Lipinski definition) is 4. The van der Waals surface area contributed by atoms with Crippen molar-refractivity contribution in [2.24, 2.45) is 4.99 Å². The fourth-order valence-corrected chi connectivity index (χ4v) is 3.93. The molecule has 1 aromatic carbocycles. The van der Waals surface area contributed by atoms with E-state index in [9.17, 15) is 10.4 Å². The number of aryl methyl sites for hydroxylation is 1. The Kier molecular flexibility index (Phi) is 3.76. The van der Waals surface area contributed by atoms with E-state index in [-0.39, 0.29) is 5.75 Å². The summed E-state index contributed by atoms with van der Waals surface area (Å²) >= 11 is 1.65. The highest BCUT2D eigenvalue weighted by atomic mass is 32.1. The molecule has 0 fully saturated rings. The van der Waals surface area contributed by atoms with Crippen LogP contribution < -0.4 is 0 Å². The summed E-state index contributed by atoms with van der Waals surface area (Å²) in [4.78, 5) is 5.99. The molecule has 0 amide bonds. The van der Waals surface area contributed by atoms with Crippen molar-refractivity contribution < 1.29 is 5.11 Å². The van der Waals surface area contributed by atoms with Crippen LogP contribution in [0.25, 0.3) is 0 Å². The van der Waals surface area contributed by atoms with Crippen molar-refractivity contribution in [3.63, 3.8) is 0 Å². The molecule has 0 saturated carbocycles. The van der Waals surface area contributed by atoms with Gasteiger partial charge in [-0.15, -0.1) is 11.3 Å². The first kappa shape index (κ1) is 13.8. The second-order valence-electron chi connectivity index (χ2n) is 5.25. The molecule has 0 radical (unpaired) electrons. The van der Waals surface area contributed by atoms with Gasteiger partial charge in [-0.3, -0.25) is 0 Å². The van der Waals surface area contributed by atoms with E-state index in [2.05, 4.69) is 11.1 Å². The minimum atomic E-state index is 0.246. The molecule has 1 aliphatic carbocycles. The molecular formula is C17H16N2OS. The summed E-state index contributed by atoms with van der Waals surface area (Å²) in [6, 6.07) is 9.32. The number of nitrogens with zero attached hydrogens (tertiary/aromatic N) is 2. The summed E-state index contributed by atoms with van der Waals surface area (Å²) < 4.78 is 0. The van der Waals surface area contributed by atoms with Crippen molar-refractivity contribution >= 4 is 22.0 Å². The molecule has 1 aromatic heterocycles. The molecule has 1 N–H and O–H groups in total. The summed E-state index contributed by atoms with van der Waals surface area (Å²) in [5.74, 6) is 0.246. The lowest BCUT2D eigenvalue weighted by Crippen LogP contribution is -1.99. The van der Waals surface area contributed by atoms with Crippen molar-refractivity contribution in [3.8, 4) is 11.8 Å². The number of benzene rings is 1. The van der Waals surface area contributed by atoms with E-state index >= 15 is 0 Å². The van der Waals surface area contributed by atoms with E-state index in [1.54, 1.807) is 23.5 Å². The van der Waals surface area contributed by atoms with Gasteiger partial charge in [0.05, 0.1) is 5.56 Å². The third kappa shape index (κ3) is 2.70. The van der Waals surface area contributed by atoms with Gasteiger partial charge in [-0.1, -0.05) is 0 Å². The predicted octanol–water partition coefficient (Wildman–Crippen LogP) is 4.34. The van der Waals surface area contributed by atoms with Gasteiger partial charge in [0.1, 0.15) is 16.8 Å². The largest absolute Gasteiger partial charge is 0.508 e. The standard InChI is InChI=1S/C17H16N2OS/c1-11(12-6-8-13(20)9-7-12)19-17-15(10-18)14-4-2-3-5-16(14)21-17/h6-9,20H,2-5H2,1H3. The van der Waals surface area contributed by atoms with Crippen molar-refractivity contribution in [2.45, 2.75) is 32.6 Å². The van der Waals surface area contributed by atoms with Crippen LogP contribution >= 0.6 is 11.3 Å². The number of fused-ring (bicyclic) bond motifs is 1. The molecular weight excluding hydrogens is 280 g/mol. The van der Waals surface area contributed by atoms with Gasteiger partial charge < -0.3 is 5.11 Å². The van der Waals surface area contributed by atoms with E-state index in [1.165, 1.54) is 23.3 Å². The van der Waals surface area contributed by atoms with Crippen molar-refractivity contribution in [3.05, 3.63) is 45.8 Å². The Balaban J connectivity index is 2.01. The SMILES string of the molecule is CC(=Nc1sc2c(c1C#N)CCCC2)c1ccc(O)cc1. The van der Waals surface area contributed by atoms with Gasteiger partial charge in [0, 0.05) is 10.6 Å². The Morgan fingerprint density at radius 3 is 2.67 bits per heavy atom. The van der Waals surface area contributed by atoms with Crippen LogP contribution in [-0.4, -0.2) is 10.8 Å². The second kappa shape index (κ2) is 5.71. The van der Waals surface area contributed by atoms with Crippen LogP contribution in [0.1, 0.15) is 41.3 Å². The van der Waals surface area contributed by atoms with Gasteiger partial charge in [-0.05, 0) is 68.0 Å². The van der Waals surface area contributed by atoms with Crippen LogP contribution in [0.5, 0.6) is 5.75 Å². The average Bonchev–Trinajstić information content (AvgIpc) is 2.84. The van der Waals surface area contributed by atoms with E-state index < -0.39 is 0 Å². The number of nitriles is 1. The number of hydrogen-bond donors (Lipinski definition) is 1. The molecule has 2 aromatic rings. The molecule has 21 heavy (non-hydrogen) atoms. The molecule has 0 unspecified atom stereocenters. The highest BCUT2D eigenvalue weighted by molar-refractivity contribution is 7.16. The normalized spacial score (nSPS) is 14.6. The molecule has 1 aliphatic rings. The Morgan fingerprint density at radius 1 is 1.24 bits per heavy atom. The molecule has 0 aliphatic heterocycles. The second-order valence-corrected chi connectivity index (χ2v) is 6.33. The van der Waals surface area contributed by atoms with Crippen LogP contribution in [0.2, 0.25) is 0 Å². The smallest absolute Gasteiger partial charge is 0.134 e. The minimum absolute atomic E-state index is 0.246. The summed E-state index contributed by atoms with van der Waals surface area (Å²) in [5.41, 5.74) is 3.80. The van der Waals surface area contributed by atoms with Crippen LogP contribution in [0.3, 0.4) is 0 Å². The first-order valence-electron chi connectivity index (χ1n) is 7.08. The average molecular weight is 296 g/mol. The molecule has 0 spiro atoms. The van der Waals surface area contributed by atoms with Gasteiger partial charge in [0.25, 0.3) is 0 Å². The third-order valence-electron chi connectivity index (χ3n) is 3.82. The Labute approximate surface area is 128 Å². The summed E-state index contributed by atoms with van der Waals surface area (Å²) in [7, 11) is 0. The highest BCUT2D eigenvalue weighted by Gasteiger charge is 2.20. The van der Waals surface area contributed by atoms with Gasteiger partial charge in [-0.25, -0.2) is 4.99 Å². The molecule has 0 atom stereocenters. The topological polar surface area (TPSA) is 56.4 Å². The van der Waals surface area contributed by atoms with Crippen LogP contribution in [0.15, 0.2) is 29.3 Å². The van der Waals surface area contributed by atoms with E-state index in [4.69, 9.17) is 0 Å². The number of thiophene rings is 1. The number of phenolic OH excluding ortho intramolecular Hbond substituents is 1. The molecule has 3 nitrogen and oxygen atoms in total. The molecule has 1 heterocycles. The molecule has 0 saturated heterocycles. The molecule has 4 heteroatoms. The fraction of sp³-hybridized carbons (Fsp3) is 0.294. The highest BCUT2D eigenvalue weighted by Crippen LogP contribution is 2.39. The van der Waals surface area contributed by atoms with E-state index in [0.29, 0.717) is 0 Å². The summed E-state index contributed by atoms with van der Waals surface area (Å²) in [6.07, 6.45) is 4.45. The zero-order chi connectivity index (χ0) is 14.8. The number of aromatic hydroxyl groups is 1. The molecule has 0 bridgehead atoms. The Morgan fingerprint density at radius 2 is 1.95 bits per heavy atom. The van der Waals surface area contributed by atoms with Crippen LogP contribution in [0.4, 0.5) is 5.00 Å². The quantitative estimate of drug-likeness (QED) is 0.838. The van der Waals surface area contributed by atoms with Crippen LogP contribution in [0, 0.1) is 11.3 Å². The van der Waals surface area contributed by atoms with E-state index in [1.807, 2.05) is 19.1 Å². The van der Waals surface area contributed by atoms with E-state index in [0.717, 1.165) is 34.7 Å². The lowest BCUT2D eigenvalue weighted by atomic mass is 9.96. The summed E-state index contributed by atoms with van der Waals surface area (Å²) in [5, 5.41) is 19.6. The maximum Gasteiger partial charge on any atom is 0.134 e. The van der Waals surface area contributed by atoms with Crippen molar-refractivity contribution in [1.29, 1.82) is 5.26 Å². The Hall–Kier alpha value is -2.12. The summed E-state index contributed by atoms with van der Waals surface area (Å²) in [6.45, 7) is 1.94. The lowest BCUT2D eigenvalue weighted by Gasteiger charge is -2.09. The predicted molar refractivity (Wildman–Crippen MR) is 85.7 cm³/mol. The number of aliphatic imine (C=N–C) groups is 1. The first-order valence-corrected chi connectivity index (χ1v) is 7.90. The van der Waals surface area contributed by atoms with Crippen LogP contribution in [-0.2, 0) is 12.8 Å². The monoisotopic (exact) mass is 296 g/mol. The zero-order valence-electron chi connectivity index (χ0n) is 11.9. The maximum atomic E-state index is 9.44. The van der Waals surface area contributed by atoms with Crippen molar-refractivity contribution in [2.75, 3.05) is 0 Å². The minimum Gasteiger partial charge on any atom is -0.508 e. The lowest BCUT2D eigenvalue weighted by molar-refractivity contribution is 0.475. The molecule has 3 rings (SSSR count). The number of phenols is 1. The van der Waals surface area contributed by atoms with Gasteiger partial charge in [-0.2, -0.15) is 5.26 Å². The number of rotatable bonds is 2. The van der Waals surface area contributed by atoms with Gasteiger partial charge >= 0.3 is 0 Å².